The molecule has 8 heteroatoms. The highest BCUT2D eigenvalue weighted by Gasteiger charge is 2.25. The van der Waals surface area contributed by atoms with Crippen LogP contribution in [-0.4, -0.2) is 75.5 Å². The Balaban J connectivity index is 4.33. The Kier molecular flexibility index (Phi) is 40.6. The fraction of sp³-hybridized carbons (Fsp3) is 0.750. The molecule has 0 aliphatic rings. The predicted molar refractivity (Wildman–Crippen MR) is 249 cm³/mol. The zero-order valence-corrected chi connectivity index (χ0v) is 39.4. The molecule has 2 atom stereocenters. The van der Waals surface area contributed by atoms with Gasteiger partial charge in [-0.3, -0.25) is 9.59 Å². The number of likely N-dealkylation sites (N-methyl/N-ethyl adjacent to an activating group) is 1. The van der Waals surface area contributed by atoms with Gasteiger partial charge in [0.25, 0.3) is 0 Å². The molecule has 2 unspecified atom stereocenters. The predicted octanol–water partition coefficient (Wildman–Crippen LogP) is 12.4. The standard InChI is InChI=1S/C52H91NO7/c1-6-8-10-12-14-16-18-20-22-24-26-28-30-32-34-36-38-40-42-50(54)59-47-48(46-58-45-44-49(52(56)57)53(3,4)5)60-51(55)43-41-39-37-35-33-31-29-27-25-23-21-19-17-15-13-11-9-7-2/h11,13,15,17,19,21,23,25,27,29,48-49H,6-10,12,14,16,18,20,22,24,26,28,30-47H2,1-5H3/b13-11+,17-15+,21-19+,25-23+,29-27+. The molecule has 0 rings (SSSR count). The van der Waals surface area contributed by atoms with Gasteiger partial charge in [-0.1, -0.05) is 209 Å². The second-order valence-corrected chi connectivity index (χ2v) is 17.5. The molecule has 0 aromatic rings. The summed E-state index contributed by atoms with van der Waals surface area (Å²) in [5, 5.41) is 11.6. The summed E-state index contributed by atoms with van der Waals surface area (Å²) in [4.78, 5) is 37.0. The number of carboxylic acids is 1. The first kappa shape index (κ1) is 57.0. The van der Waals surface area contributed by atoms with Gasteiger partial charge in [-0.15, -0.1) is 0 Å². The van der Waals surface area contributed by atoms with Crippen LogP contribution in [0, 0.1) is 0 Å². The lowest BCUT2D eigenvalue weighted by Gasteiger charge is -2.34. The van der Waals surface area contributed by atoms with E-state index >= 15 is 0 Å². The van der Waals surface area contributed by atoms with Gasteiger partial charge in [0.1, 0.15) is 12.6 Å². The number of carboxylic acid groups (broad SMARTS) is 1. The van der Waals surface area contributed by atoms with Crippen LogP contribution in [0.25, 0.3) is 0 Å². The van der Waals surface area contributed by atoms with E-state index in [9.17, 15) is 19.5 Å². The number of allylic oxidation sites excluding steroid dienone is 10. The Morgan fingerprint density at radius 1 is 0.500 bits per heavy atom. The van der Waals surface area contributed by atoms with Crippen molar-refractivity contribution >= 4 is 17.9 Å². The van der Waals surface area contributed by atoms with E-state index in [2.05, 4.69) is 38.2 Å². The quantitative estimate of drug-likeness (QED) is 0.0261. The first-order valence-corrected chi connectivity index (χ1v) is 24.4. The Bertz CT molecular complexity index is 1170. The third-order valence-electron chi connectivity index (χ3n) is 10.8. The van der Waals surface area contributed by atoms with E-state index in [1.807, 2.05) is 36.5 Å². The highest BCUT2D eigenvalue weighted by molar-refractivity contribution is 5.70. The molecule has 0 aromatic heterocycles. The molecule has 0 amide bonds. The summed E-state index contributed by atoms with van der Waals surface area (Å²) in [5.41, 5.74) is 0. The highest BCUT2D eigenvalue weighted by Crippen LogP contribution is 2.16. The molecule has 0 aromatic carbocycles. The monoisotopic (exact) mass is 842 g/mol. The molecule has 8 nitrogen and oxygen atoms in total. The number of ether oxygens (including phenoxy) is 3. The minimum atomic E-state index is -1.13. The third-order valence-corrected chi connectivity index (χ3v) is 10.8. The lowest BCUT2D eigenvalue weighted by molar-refractivity contribution is -0.889. The SMILES string of the molecule is CCC/C=C/C=C/C=C/C=C/C=C/CCCCCCCC(=O)OC(COCCC(C(=O)[O-])[N+](C)(C)C)COC(=O)CCCCCCCCCCCCCCCCCCCC. The van der Waals surface area contributed by atoms with E-state index in [1.54, 1.807) is 21.1 Å². The van der Waals surface area contributed by atoms with Gasteiger partial charge in [0.15, 0.2) is 6.10 Å². The van der Waals surface area contributed by atoms with Gasteiger partial charge in [0.2, 0.25) is 0 Å². The number of unbranched alkanes of at least 4 members (excludes halogenated alkanes) is 23. The fourth-order valence-electron chi connectivity index (χ4n) is 6.98. The molecule has 346 valence electrons. The Morgan fingerprint density at radius 3 is 1.37 bits per heavy atom. The summed E-state index contributed by atoms with van der Waals surface area (Å²) in [7, 11) is 5.40. The van der Waals surface area contributed by atoms with Crippen molar-refractivity contribution in [2.75, 3.05) is 41.0 Å². The number of carbonyl (C=O) groups excluding carboxylic acids is 3. The van der Waals surface area contributed by atoms with E-state index < -0.39 is 18.1 Å². The van der Waals surface area contributed by atoms with Crippen LogP contribution in [-0.2, 0) is 28.6 Å². The zero-order chi connectivity index (χ0) is 44.2. The summed E-state index contributed by atoms with van der Waals surface area (Å²) in [5.74, 6) is -1.76. The summed E-state index contributed by atoms with van der Waals surface area (Å²) >= 11 is 0. The van der Waals surface area contributed by atoms with Crippen LogP contribution in [0.5, 0.6) is 0 Å². The molecule has 0 aliphatic heterocycles. The Labute approximate surface area is 368 Å². The maximum Gasteiger partial charge on any atom is 0.306 e. The second-order valence-electron chi connectivity index (χ2n) is 17.5. The number of hydrogen-bond acceptors (Lipinski definition) is 7. The third kappa shape index (κ3) is 40.4. The zero-order valence-electron chi connectivity index (χ0n) is 39.4. The second kappa shape index (κ2) is 42.7. The van der Waals surface area contributed by atoms with Gasteiger partial charge in [-0.05, 0) is 32.1 Å². The fourth-order valence-corrected chi connectivity index (χ4v) is 6.98. The molecule has 0 saturated carbocycles. The van der Waals surface area contributed by atoms with Crippen LogP contribution in [0.4, 0.5) is 0 Å². The van der Waals surface area contributed by atoms with Crippen molar-refractivity contribution < 1.29 is 38.2 Å². The van der Waals surface area contributed by atoms with E-state index in [1.165, 1.54) is 103 Å². The average molecular weight is 842 g/mol. The van der Waals surface area contributed by atoms with Gasteiger partial charge in [0, 0.05) is 19.3 Å². The van der Waals surface area contributed by atoms with Crippen molar-refractivity contribution in [3.05, 3.63) is 60.8 Å². The minimum absolute atomic E-state index is 0.0297. The number of quaternary nitrogens is 1. The van der Waals surface area contributed by atoms with Crippen LogP contribution in [0.2, 0.25) is 0 Å². The van der Waals surface area contributed by atoms with Gasteiger partial charge in [-0.25, -0.2) is 0 Å². The van der Waals surface area contributed by atoms with E-state index in [-0.39, 0.29) is 42.7 Å². The van der Waals surface area contributed by atoms with Crippen LogP contribution in [0.15, 0.2) is 60.8 Å². The van der Waals surface area contributed by atoms with Gasteiger partial charge in [0.05, 0.1) is 40.3 Å². The number of aliphatic carboxylic acids is 1. The molecule has 0 fully saturated rings. The smallest absolute Gasteiger partial charge is 0.306 e. The van der Waals surface area contributed by atoms with E-state index in [0.717, 1.165) is 64.2 Å². The summed E-state index contributed by atoms with van der Waals surface area (Å²) < 4.78 is 17.2. The van der Waals surface area contributed by atoms with Gasteiger partial charge < -0.3 is 28.6 Å². The average Bonchev–Trinajstić information content (AvgIpc) is 3.21. The molecular weight excluding hydrogens is 751 g/mol. The van der Waals surface area contributed by atoms with Crippen molar-refractivity contribution in [2.24, 2.45) is 0 Å². The molecule has 0 aliphatic carbocycles. The largest absolute Gasteiger partial charge is 0.544 e. The normalized spacial score (nSPS) is 13.4. The molecule has 0 spiro atoms. The molecule has 60 heavy (non-hydrogen) atoms. The van der Waals surface area contributed by atoms with Gasteiger partial charge >= 0.3 is 11.9 Å². The molecule has 0 saturated heterocycles. The van der Waals surface area contributed by atoms with Gasteiger partial charge in [-0.2, -0.15) is 0 Å². The van der Waals surface area contributed by atoms with Crippen molar-refractivity contribution in [1.29, 1.82) is 0 Å². The van der Waals surface area contributed by atoms with Crippen molar-refractivity contribution in [3.63, 3.8) is 0 Å². The maximum absolute atomic E-state index is 12.8. The number of rotatable bonds is 43. The summed E-state index contributed by atoms with van der Waals surface area (Å²) in [6, 6.07) is -0.732. The molecule has 0 heterocycles. The summed E-state index contributed by atoms with van der Waals surface area (Å²) in [6.45, 7) is 4.56. The first-order chi connectivity index (χ1) is 29.1. The van der Waals surface area contributed by atoms with E-state index in [4.69, 9.17) is 14.2 Å². The highest BCUT2D eigenvalue weighted by atomic mass is 16.6. The number of carbonyl (C=O) groups is 3. The Morgan fingerprint density at radius 2 is 0.917 bits per heavy atom. The van der Waals surface area contributed by atoms with Crippen LogP contribution < -0.4 is 5.11 Å². The molecule has 0 bridgehead atoms. The first-order valence-electron chi connectivity index (χ1n) is 24.4. The van der Waals surface area contributed by atoms with Crippen molar-refractivity contribution in [2.45, 2.75) is 212 Å². The molecule has 0 N–H and O–H groups in total. The van der Waals surface area contributed by atoms with Crippen LogP contribution >= 0.6 is 0 Å². The lowest BCUT2D eigenvalue weighted by Crippen LogP contribution is -2.55. The number of esters is 2. The molecule has 0 radical (unpaired) electrons. The number of hydrogen-bond donors (Lipinski definition) is 0. The maximum atomic E-state index is 12.8. The topological polar surface area (TPSA) is 102 Å². The van der Waals surface area contributed by atoms with Crippen molar-refractivity contribution in [3.8, 4) is 0 Å². The van der Waals surface area contributed by atoms with Crippen LogP contribution in [0.1, 0.15) is 200 Å². The molecular formula is C52H91NO7. The Hall–Kier alpha value is -2.97. The number of nitrogens with zero attached hydrogens (tertiary/aromatic N) is 1. The van der Waals surface area contributed by atoms with Crippen molar-refractivity contribution in [1.82, 2.24) is 0 Å². The van der Waals surface area contributed by atoms with Crippen LogP contribution in [0.3, 0.4) is 0 Å². The summed E-state index contributed by atoms with van der Waals surface area (Å²) in [6.07, 6.45) is 52.4. The lowest BCUT2D eigenvalue weighted by atomic mass is 10.0. The minimum Gasteiger partial charge on any atom is -0.544 e. The van der Waals surface area contributed by atoms with E-state index in [0.29, 0.717) is 12.8 Å².